The summed E-state index contributed by atoms with van der Waals surface area (Å²) in [7, 11) is 1.62. The average Bonchev–Trinajstić information content (AvgIpc) is 2.44. The number of carbonyl (C=O) groups excluding carboxylic acids is 1. The number of methoxy groups -OCH3 is 1. The molecule has 21 heavy (non-hydrogen) atoms. The fourth-order valence-corrected chi connectivity index (χ4v) is 1.57. The van der Waals surface area contributed by atoms with Crippen molar-refractivity contribution in [3.8, 4) is 5.75 Å². The minimum atomic E-state index is -0.713. The predicted molar refractivity (Wildman–Crippen MR) is 81.1 cm³/mol. The van der Waals surface area contributed by atoms with E-state index >= 15 is 0 Å². The van der Waals surface area contributed by atoms with E-state index in [2.05, 4.69) is 5.32 Å². The van der Waals surface area contributed by atoms with Crippen molar-refractivity contribution in [2.24, 2.45) is 5.41 Å². The average molecular weight is 295 g/mol. The third-order valence-electron chi connectivity index (χ3n) is 2.92. The molecule has 1 amide bonds. The van der Waals surface area contributed by atoms with E-state index in [9.17, 15) is 9.90 Å². The Morgan fingerprint density at radius 3 is 2.43 bits per heavy atom. The van der Waals surface area contributed by atoms with Crippen molar-refractivity contribution in [2.75, 3.05) is 20.3 Å². The SMILES string of the molecule is COc1ccc(COC[C@H](O)CNC(=O)C(C)(C)C)cc1. The lowest BCUT2D eigenvalue weighted by atomic mass is 9.96. The minimum Gasteiger partial charge on any atom is -0.497 e. The van der Waals surface area contributed by atoms with Crippen molar-refractivity contribution < 1.29 is 19.4 Å². The van der Waals surface area contributed by atoms with E-state index in [1.165, 1.54) is 0 Å². The number of rotatable bonds is 7. The number of carbonyl (C=O) groups is 1. The van der Waals surface area contributed by atoms with Crippen molar-refractivity contribution in [2.45, 2.75) is 33.5 Å². The first-order chi connectivity index (χ1) is 9.82. The smallest absolute Gasteiger partial charge is 0.225 e. The van der Waals surface area contributed by atoms with Crippen LogP contribution in [0.25, 0.3) is 0 Å². The molecule has 1 aromatic rings. The van der Waals surface area contributed by atoms with Gasteiger partial charge >= 0.3 is 0 Å². The van der Waals surface area contributed by atoms with Crippen LogP contribution in [-0.4, -0.2) is 37.4 Å². The fourth-order valence-electron chi connectivity index (χ4n) is 1.57. The number of ether oxygens (including phenoxy) is 2. The second kappa shape index (κ2) is 8.00. The zero-order chi connectivity index (χ0) is 15.9. The van der Waals surface area contributed by atoms with Gasteiger partial charge in [0.2, 0.25) is 5.91 Å². The molecule has 1 atom stereocenters. The van der Waals surface area contributed by atoms with Gasteiger partial charge < -0.3 is 19.9 Å². The van der Waals surface area contributed by atoms with Crippen LogP contribution in [0.4, 0.5) is 0 Å². The number of hydrogen-bond donors (Lipinski definition) is 2. The van der Waals surface area contributed by atoms with E-state index in [4.69, 9.17) is 9.47 Å². The van der Waals surface area contributed by atoms with Crippen molar-refractivity contribution in [1.29, 1.82) is 0 Å². The van der Waals surface area contributed by atoms with Gasteiger partial charge in [0.1, 0.15) is 5.75 Å². The topological polar surface area (TPSA) is 67.8 Å². The normalized spacial score (nSPS) is 12.8. The van der Waals surface area contributed by atoms with Crippen LogP contribution in [0.5, 0.6) is 5.75 Å². The Labute approximate surface area is 126 Å². The van der Waals surface area contributed by atoms with Gasteiger partial charge in [-0.05, 0) is 17.7 Å². The van der Waals surface area contributed by atoms with Crippen LogP contribution in [0.3, 0.4) is 0 Å². The summed E-state index contributed by atoms with van der Waals surface area (Å²) < 4.78 is 10.5. The van der Waals surface area contributed by atoms with Crippen molar-refractivity contribution >= 4 is 5.91 Å². The summed E-state index contributed by atoms with van der Waals surface area (Å²) in [5, 5.41) is 12.5. The van der Waals surface area contributed by atoms with E-state index < -0.39 is 11.5 Å². The van der Waals surface area contributed by atoms with E-state index in [-0.39, 0.29) is 19.1 Å². The van der Waals surface area contributed by atoms with E-state index in [1.54, 1.807) is 7.11 Å². The molecule has 0 saturated carbocycles. The molecule has 0 aromatic heterocycles. The fraction of sp³-hybridized carbons (Fsp3) is 0.562. The monoisotopic (exact) mass is 295 g/mol. The Morgan fingerprint density at radius 2 is 1.90 bits per heavy atom. The van der Waals surface area contributed by atoms with Gasteiger partial charge in [-0.3, -0.25) is 4.79 Å². The maximum absolute atomic E-state index is 11.6. The van der Waals surface area contributed by atoms with Crippen molar-refractivity contribution in [3.63, 3.8) is 0 Å². The van der Waals surface area contributed by atoms with Crippen LogP contribution < -0.4 is 10.1 Å². The Balaban J connectivity index is 2.24. The lowest BCUT2D eigenvalue weighted by Gasteiger charge is -2.19. The molecule has 118 valence electrons. The molecule has 1 aromatic carbocycles. The predicted octanol–water partition coefficient (Wildman–Crippen LogP) is 1.73. The molecule has 0 aliphatic heterocycles. The Hall–Kier alpha value is -1.59. The molecule has 0 aliphatic carbocycles. The van der Waals surface area contributed by atoms with Gasteiger partial charge in [-0.2, -0.15) is 0 Å². The number of amides is 1. The standard InChI is InChI=1S/C16H25NO4/c1-16(2,3)15(19)17-9-13(18)11-21-10-12-5-7-14(20-4)8-6-12/h5-8,13,18H,9-11H2,1-4H3,(H,17,19)/t13-/m1/s1. The van der Waals surface area contributed by atoms with Gasteiger partial charge in [-0.15, -0.1) is 0 Å². The molecule has 0 fully saturated rings. The third kappa shape index (κ3) is 6.60. The van der Waals surface area contributed by atoms with E-state index in [0.29, 0.717) is 6.61 Å². The van der Waals surface area contributed by atoms with Crippen molar-refractivity contribution in [3.05, 3.63) is 29.8 Å². The molecule has 5 nitrogen and oxygen atoms in total. The van der Waals surface area contributed by atoms with Gasteiger partial charge in [0.25, 0.3) is 0 Å². The molecule has 0 aliphatic rings. The second-order valence-electron chi connectivity index (χ2n) is 5.98. The first-order valence-corrected chi connectivity index (χ1v) is 7.00. The van der Waals surface area contributed by atoms with Crippen LogP contribution >= 0.6 is 0 Å². The Kier molecular flexibility index (Phi) is 6.65. The van der Waals surface area contributed by atoms with Gasteiger partial charge in [-0.1, -0.05) is 32.9 Å². The summed E-state index contributed by atoms with van der Waals surface area (Å²) in [4.78, 5) is 11.6. The highest BCUT2D eigenvalue weighted by Crippen LogP contribution is 2.13. The van der Waals surface area contributed by atoms with Crippen LogP contribution in [-0.2, 0) is 16.1 Å². The maximum Gasteiger partial charge on any atom is 0.225 e. The molecular formula is C16H25NO4. The zero-order valence-electron chi connectivity index (χ0n) is 13.2. The molecule has 0 unspecified atom stereocenters. The molecule has 0 spiro atoms. The third-order valence-corrected chi connectivity index (χ3v) is 2.92. The number of aliphatic hydroxyl groups excluding tert-OH is 1. The highest BCUT2D eigenvalue weighted by atomic mass is 16.5. The van der Waals surface area contributed by atoms with Gasteiger partial charge in [0, 0.05) is 12.0 Å². The van der Waals surface area contributed by atoms with E-state index in [1.807, 2.05) is 45.0 Å². The molecule has 0 heterocycles. The van der Waals surface area contributed by atoms with Crippen LogP contribution in [0, 0.1) is 5.41 Å². The molecule has 0 bridgehead atoms. The summed E-state index contributed by atoms with van der Waals surface area (Å²) >= 11 is 0. The lowest BCUT2D eigenvalue weighted by molar-refractivity contribution is -0.129. The van der Waals surface area contributed by atoms with Gasteiger partial charge in [0.05, 0.1) is 26.4 Å². The molecule has 2 N–H and O–H groups in total. The van der Waals surface area contributed by atoms with Crippen LogP contribution in [0.15, 0.2) is 24.3 Å². The maximum atomic E-state index is 11.6. The summed E-state index contributed by atoms with van der Waals surface area (Å²) in [6.07, 6.45) is -0.713. The summed E-state index contributed by atoms with van der Waals surface area (Å²) in [6.45, 7) is 6.27. The molecule has 5 heteroatoms. The van der Waals surface area contributed by atoms with Crippen LogP contribution in [0.1, 0.15) is 26.3 Å². The number of benzene rings is 1. The number of hydrogen-bond acceptors (Lipinski definition) is 4. The zero-order valence-corrected chi connectivity index (χ0v) is 13.2. The minimum absolute atomic E-state index is 0.0864. The van der Waals surface area contributed by atoms with Crippen molar-refractivity contribution in [1.82, 2.24) is 5.32 Å². The first-order valence-electron chi connectivity index (χ1n) is 7.00. The second-order valence-corrected chi connectivity index (χ2v) is 5.98. The number of nitrogens with one attached hydrogen (secondary N) is 1. The quantitative estimate of drug-likeness (QED) is 0.804. The summed E-state index contributed by atoms with van der Waals surface area (Å²) in [5.74, 6) is 0.709. The Bertz CT molecular complexity index is 437. The van der Waals surface area contributed by atoms with Gasteiger partial charge in [0.15, 0.2) is 0 Å². The van der Waals surface area contributed by atoms with Gasteiger partial charge in [-0.25, -0.2) is 0 Å². The highest BCUT2D eigenvalue weighted by molar-refractivity contribution is 5.81. The largest absolute Gasteiger partial charge is 0.497 e. The molecule has 0 saturated heterocycles. The molecular weight excluding hydrogens is 270 g/mol. The van der Waals surface area contributed by atoms with Crippen LogP contribution in [0.2, 0.25) is 0 Å². The van der Waals surface area contributed by atoms with E-state index in [0.717, 1.165) is 11.3 Å². The molecule has 1 rings (SSSR count). The Morgan fingerprint density at radius 1 is 1.29 bits per heavy atom. The number of aliphatic hydroxyl groups is 1. The lowest BCUT2D eigenvalue weighted by Crippen LogP contribution is -2.40. The highest BCUT2D eigenvalue weighted by Gasteiger charge is 2.21. The first kappa shape index (κ1) is 17.5. The molecule has 0 radical (unpaired) electrons. The summed E-state index contributed by atoms with van der Waals surface area (Å²) in [6, 6.07) is 7.54. The summed E-state index contributed by atoms with van der Waals surface area (Å²) in [5.41, 5.74) is 0.547.